The normalized spacial score (nSPS) is 11.6. The van der Waals surface area contributed by atoms with Gasteiger partial charge < -0.3 is 20.1 Å². The fourth-order valence-corrected chi connectivity index (χ4v) is 1.65. The maximum absolute atomic E-state index is 11.4. The highest BCUT2D eigenvalue weighted by atomic mass is 35.5. The van der Waals surface area contributed by atoms with Crippen molar-refractivity contribution in [1.29, 1.82) is 0 Å². The lowest BCUT2D eigenvalue weighted by atomic mass is 10.1. The Morgan fingerprint density at radius 3 is 2.48 bits per heavy atom. The van der Waals surface area contributed by atoms with Gasteiger partial charge in [-0.3, -0.25) is 0 Å². The van der Waals surface area contributed by atoms with Crippen LogP contribution in [0.5, 0.6) is 0 Å². The summed E-state index contributed by atoms with van der Waals surface area (Å²) in [5, 5.41) is 5.41. The van der Waals surface area contributed by atoms with Crippen LogP contribution in [0.15, 0.2) is 0 Å². The summed E-state index contributed by atoms with van der Waals surface area (Å²) >= 11 is 5.40. The maximum Gasteiger partial charge on any atom is 0.407 e. The molecule has 0 aromatic carbocycles. The second-order valence-corrected chi connectivity index (χ2v) is 5.16. The van der Waals surface area contributed by atoms with Crippen LogP contribution in [0.2, 0.25) is 0 Å². The van der Waals surface area contributed by atoms with E-state index in [4.69, 9.17) is 21.1 Å². The fourth-order valence-electron chi connectivity index (χ4n) is 1.57. The van der Waals surface area contributed by atoms with E-state index in [1.54, 1.807) is 0 Å². The minimum absolute atomic E-state index is 0.0577. The van der Waals surface area contributed by atoms with E-state index in [9.17, 15) is 9.59 Å². The van der Waals surface area contributed by atoms with Gasteiger partial charge in [-0.15, -0.1) is 11.6 Å². The third-order valence-electron chi connectivity index (χ3n) is 2.74. The van der Waals surface area contributed by atoms with Crippen LogP contribution < -0.4 is 10.6 Å². The van der Waals surface area contributed by atoms with Gasteiger partial charge in [-0.05, 0) is 32.6 Å². The Kier molecular flexibility index (Phi) is 13.0. The van der Waals surface area contributed by atoms with Crippen molar-refractivity contribution in [3.05, 3.63) is 0 Å². The summed E-state index contributed by atoms with van der Waals surface area (Å²) in [7, 11) is 0. The minimum Gasteiger partial charge on any atom is -0.450 e. The Hall–Kier alpha value is -1.17. The van der Waals surface area contributed by atoms with Gasteiger partial charge in [-0.2, -0.15) is 0 Å². The summed E-state index contributed by atoms with van der Waals surface area (Å²) in [6.07, 6.45) is 3.64. The van der Waals surface area contributed by atoms with Crippen molar-refractivity contribution >= 4 is 23.8 Å². The van der Waals surface area contributed by atoms with Gasteiger partial charge in [0.25, 0.3) is 0 Å². The largest absolute Gasteiger partial charge is 0.450 e. The fraction of sp³-hybridized carbons (Fsp3) is 0.857. The van der Waals surface area contributed by atoms with Crippen LogP contribution in [0, 0.1) is 0 Å². The third kappa shape index (κ3) is 13.6. The number of unbranched alkanes of at least 4 members (excludes halogenated alkanes) is 2. The number of alkyl carbamates (subject to hydrolysis) is 2. The van der Waals surface area contributed by atoms with Crippen LogP contribution in [0.3, 0.4) is 0 Å². The predicted octanol–water partition coefficient (Wildman–Crippen LogP) is 3.04. The van der Waals surface area contributed by atoms with Crippen molar-refractivity contribution in [3.8, 4) is 0 Å². The molecule has 0 rings (SSSR count). The topological polar surface area (TPSA) is 76.7 Å². The number of carbonyl (C=O) groups excluding carboxylic acids is 2. The van der Waals surface area contributed by atoms with E-state index in [1.807, 2.05) is 13.8 Å². The molecule has 0 saturated carbocycles. The highest BCUT2D eigenvalue weighted by Crippen LogP contribution is 2.00. The zero-order valence-electron chi connectivity index (χ0n) is 13.0. The standard InChI is InChI=1S/C14H27ClN2O4/c1-3-4-10-20-14(19)17-12(2)7-5-6-9-16-13(18)21-11-8-15/h12H,3-11H2,1-2H3,(H,16,18)(H,17,19). The van der Waals surface area contributed by atoms with Crippen molar-refractivity contribution in [1.82, 2.24) is 10.6 Å². The maximum atomic E-state index is 11.4. The number of halogens is 1. The number of nitrogens with one attached hydrogen (secondary N) is 2. The van der Waals surface area contributed by atoms with Gasteiger partial charge in [-0.25, -0.2) is 9.59 Å². The Labute approximate surface area is 131 Å². The van der Waals surface area contributed by atoms with Crippen LogP contribution >= 0.6 is 11.6 Å². The number of rotatable bonds is 11. The van der Waals surface area contributed by atoms with E-state index in [-0.39, 0.29) is 18.7 Å². The molecule has 2 N–H and O–H groups in total. The zero-order valence-corrected chi connectivity index (χ0v) is 13.7. The van der Waals surface area contributed by atoms with Crippen molar-refractivity contribution in [2.45, 2.75) is 52.0 Å². The first-order valence-electron chi connectivity index (χ1n) is 7.50. The molecular weight excluding hydrogens is 296 g/mol. The van der Waals surface area contributed by atoms with Crippen LogP contribution in [-0.2, 0) is 9.47 Å². The van der Waals surface area contributed by atoms with Crippen molar-refractivity contribution in [2.75, 3.05) is 25.6 Å². The first kappa shape index (κ1) is 19.8. The van der Waals surface area contributed by atoms with Gasteiger partial charge in [0.05, 0.1) is 12.5 Å². The van der Waals surface area contributed by atoms with E-state index >= 15 is 0 Å². The summed E-state index contributed by atoms with van der Waals surface area (Å²) in [5.74, 6) is 0.297. The van der Waals surface area contributed by atoms with Gasteiger partial charge in [0.1, 0.15) is 6.61 Å². The number of ether oxygens (including phenoxy) is 2. The SMILES string of the molecule is CCCCOC(=O)NC(C)CCCCNC(=O)OCCCl. The van der Waals surface area contributed by atoms with E-state index in [0.29, 0.717) is 19.0 Å². The molecule has 21 heavy (non-hydrogen) atoms. The minimum atomic E-state index is -0.443. The molecule has 124 valence electrons. The zero-order chi connectivity index (χ0) is 15.9. The number of hydrogen-bond acceptors (Lipinski definition) is 4. The monoisotopic (exact) mass is 322 g/mol. The molecule has 2 amide bonds. The van der Waals surface area contributed by atoms with Gasteiger partial charge in [0.15, 0.2) is 0 Å². The molecule has 0 aromatic heterocycles. The van der Waals surface area contributed by atoms with Crippen molar-refractivity contribution < 1.29 is 19.1 Å². The van der Waals surface area contributed by atoms with Crippen LogP contribution in [-0.4, -0.2) is 43.9 Å². The molecule has 0 aliphatic rings. The lowest BCUT2D eigenvalue weighted by Gasteiger charge is -2.13. The van der Waals surface area contributed by atoms with Crippen LogP contribution in [0.4, 0.5) is 9.59 Å². The Balaban J connectivity index is 3.46. The summed E-state index contributed by atoms with van der Waals surface area (Å²) in [6, 6.07) is 0.0577. The lowest BCUT2D eigenvalue weighted by molar-refractivity contribution is 0.140. The highest BCUT2D eigenvalue weighted by molar-refractivity contribution is 6.18. The molecule has 7 heteroatoms. The molecule has 0 heterocycles. The molecule has 0 aliphatic heterocycles. The van der Waals surface area contributed by atoms with E-state index in [2.05, 4.69) is 10.6 Å². The van der Waals surface area contributed by atoms with E-state index in [0.717, 1.165) is 32.1 Å². The average molecular weight is 323 g/mol. The van der Waals surface area contributed by atoms with Crippen LogP contribution in [0.1, 0.15) is 46.0 Å². The van der Waals surface area contributed by atoms with Gasteiger partial charge in [0.2, 0.25) is 0 Å². The lowest BCUT2D eigenvalue weighted by Crippen LogP contribution is -2.33. The molecule has 6 nitrogen and oxygen atoms in total. The van der Waals surface area contributed by atoms with E-state index < -0.39 is 6.09 Å². The number of hydrogen-bond donors (Lipinski definition) is 2. The average Bonchev–Trinajstić information content (AvgIpc) is 2.45. The number of carbonyl (C=O) groups is 2. The molecule has 0 radical (unpaired) electrons. The van der Waals surface area contributed by atoms with Crippen molar-refractivity contribution in [2.24, 2.45) is 0 Å². The summed E-state index contributed by atoms with van der Waals surface area (Å²) < 4.78 is 9.78. The first-order valence-corrected chi connectivity index (χ1v) is 8.03. The van der Waals surface area contributed by atoms with Gasteiger partial charge >= 0.3 is 12.2 Å². The second-order valence-electron chi connectivity index (χ2n) is 4.78. The number of alkyl halides is 1. The number of amides is 2. The predicted molar refractivity (Wildman–Crippen MR) is 82.8 cm³/mol. The smallest absolute Gasteiger partial charge is 0.407 e. The van der Waals surface area contributed by atoms with Crippen molar-refractivity contribution in [3.63, 3.8) is 0 Å². The summed E-state index contributed by atoms with van der Waals surface area (Å²) in [5.41, 5.74) is 0. The molecule has 0 aromatic rings. The molecule has 0 spiro atoms. The third-order valence-corrected chi connectivity index (χ3v) is 2.89. The summed E-state index contributed by atoms with van der Waals surface area (Å²) in [4.78, 5) is 22.5. The molecule has 0 aliphatic carbocycles. The van der Waals surface area contributed by atoms with Gasteiger partial charge in [0, 0.05) is 12.6 Å². The Morgan fingerprint density at radius 2 is 1.81 bits per heavy atom. The second kappa shape index (κ2) is 13.8. The molecule has 0 fully saturated rings. The Bertz CT molecular complexity index is 290. The summed E-state index contributed by atoms with van der Waals surface area (Å²) in [6.45, 7) is 5.21. The highest BCUT2D eigenvalue weighted by Gasteiger charge is 2.07. The van der Waals surface area contributed by atoms with Gasteiger partial charge in [-0.1, -0.05) is 13.3 Å². The molecule has 1 atom stereocenters. The Morgan fingerprint density at radius 1 is 1.10 bits per heavy atom. The van der Waals surface area contributed by atoms with E-state index in [1.165, 1.54) is 0 Å². The van der Waals surface area contributed by atoms with Crippen LogP contribution in [0.25, 0.3) is 0 Å². The molecule has 0 bridgehead atoms. The molecule has 1 unspecified atom stereocenters. The molecule has 0 saturated heterocycles. The molecular formula is C14H27ClN2O4. The quantitative estimate of drug-likeness (QED) is 0.453. The first-order chi connectivity index (χ1) is 10.1.